The summed E-state index contributed by atoms with van der Waals surface area (Å²) in [6.07, 6.45) is 4.32. The highest BCUT2D eigenvalue weighted by Gasteiger charge is 2.03. The summed E-state index contributed by atoms with van der Waals surface area (Å²) in [7, 11) is 0. The van der Waals surface area contributed by atoms with Crippen LogP contribution >= 0.6 is 0 Å². The Labute approximate surface area is 79.9 Å². The summed E-state index contributed by atoms with van der Waals surface area (Å²) in [5.41, 5.74) is 0. The fraction of sp³-hybridized carbons (Fsp3) is 0.500. The molecule has 1 atom stereocenters. The van der Waals surface area contributed by atoms with Crippen LogP contribution in [0.15, 0.2) is 25.3 Å². The zero-order valence-electron chi connectivity index (χ0n) is 8.18. The molecule has 0 radical (unpaired) electrons. The van der Waals surface area contributed by atoms with Crippen LogP contribution < -0.4 is 10.6 Å². The van der Waals surface area contributed by atoms with E-state index in [0.29, 0.717) is 13.1 Å². The molecule has 0 aromatic heterocycles. The van der Waals surface area contributed by atoms with Gasteiger partial charge >= 0.3 is 0 Å². The number of hydrogen-bond acceptors (Lipinski definition) is 2. The molecule has 0 spiro atoms. The third-order valence-corrected chi connectivity index (χ3v) is 1.50. The van der Waals surface area contributed by atoms with E-state index in [9.17, 15) is 4.79 Å². The molecule has 0 aliphatic carbocycles. The lowest BCUT2D eigenvalue weighted by atomic mass is 10.2. The van der Waals surface area contributed by atoms with Crippen LogP contribution in [-0.4, -0.2) is 25.0 Å². The molecule has 74 valence electrons. The highest BCUT2D eigenvalue weighted by molar-refractivity contribution is 5.78. The molecule has 0 saturated heterocycles. The summed E-state index contributed by atoms with van der Waals surface area (Å²) < 4.78 is 0. The molecule has 13 heavy (non-hydrogen) atoms. The van der Waals surface area contributed by atoms with Gasteiger partial charge in [0.1, 0.15) is 0 Å². The SMILES string of the molecule is C=CCNCC(=O)NC(C)CC=C. The summed E-state index contributed by atoms with van der Waals surface area (Å²) in [4.78, 5) is 11.2. The van der Waals surface area contributed by atoms with Crippen LogP contribution in [0.4, 0.5) is 0 Å². The quantitative estimate of drug-likeness (QED) is 0.452. The summed E-state index contributed by atoms with van der Waals surface area (Å²) in [5.74, 6) is 0.0104. The van der Waals surface area contributed by atoms with E-state index in [-0.39, 0.29) is 11.9 Å². The minimum Gasteiger partial charge on any atom is -0.352 e. The number of nitrogens with one attached hydrogen (secondary N) is 2. The maximum absolute atomic E-state index is 11.2. The van der Waals surface area contributed by atoms with E-state index >= 15 is 0 Å². The van der Waals surface area contributed by atoms with Gasteiger partial charge in [0.2, 0.25) is 5.91 Å². The molecule has 1 unspecified atom stereocenters. The summed E-state index contributed by atoms with van der Waals surface area (Å²) >= 11 is 0. The van der Waals surface area contributed by atoms with E-state index < -0.39 is 0 Å². The predicted octanol–water partition coefficient (Wildman–Crippen LogP) is 0.843. The topological polar surface area (TPSA) is 41.1 Å². The Kier molecular flexibility index (Phi) is 6.92. The number of carbonyl (C=O) groups excluding carboxylic acids is 1. The molecule has 0 aliphatic heterocycles. The maximum Gasteiger partial charge on any atom is 0.234 e. The second-order valence-corrected chi connectivity index (χ2v) is 2.91. The minimum absolute atomic E-state index is 0.0104. The van der Waals surface area contributed by atoms with Gasteiger partial charge in [-0.25, -0.2) is 0 Å². The number of rotatable bonds is 7. The number of carbonyl (C=O) groups is 1. The first kappa shape index (κ1) is 11.9. The highest BCUT2D eigenvalue weighted by atomic mass is 16.1. The van der Waals surface area contributed by atoms with E-state index in [1.54, 1.807) is 12.2 Å². The molecular weight excluding hydrogens is 164 g/mol. The molecule has 0 bridgehead atoms. The lowest BCUT2D eigenvalue weighted by Crippen LogP contribution is -2.38. The molecule has 0 aromatic carbocycles. The van der Waals surface area contributed by atoms with E-state index in [4.69, 9.17) is 0 Å². The zero-order valence-corrected chi connectivity index (χ0v) is 8.18. The van der Waals surface area contributed by atoms with Crippen LogP contribution in [0, 0.1) is 0 Å². The van der Waals surface area contributed by atoms with Crippen molar-refractivity contribution in [2.24, 2.45) is 0 Å². The van der Waals surface area contributed by atoms with Crippen molar-refractivity contribution in [2.75, 3.05) is 13.1 Å². The first-order valence-electron chi connectivity index (χ1n) is 4.42. The lowest BCUT2D eigenvalue weighted by Gasteiger charge is -2.11. The Morgan fingerprint density at radius 2 is 2.15 bits per heavy atom. The van der Waals surface area contributed by atoms with Gasteiger partial charge in [-0.2, -0.15) is 0 Å². The van der Waals surface area contributed by atoms with E-state index in [2.05, 4.69) is 23.8 Å². The van der Waals surface area contributed by atoms with E-state index in [1.807, 2.05) is 6.92 Å². The van der Waals surface area contributed by atoms with Gasteiger partial charge in [-0.15, -0.1) is 13.2 Å². The first-order chi connectivity index (χ1) is 6.20. The molecule has 0 fully saturated rings. The van der Waals surface area contributed by atoms with Gasteiger partial charge in [-0.3, -0.25) is 4.79 Å². The van der Waals surface area contributed by atoms with Gasteiger partial charge in [0.15, 0.2) is 0 Å². The van der Waals surface area contributed by atoms with Crippen molar-refractivity contribution in [3.05, 3.63) is 25.3 Å². The Balaban J connectivity index is 3.48. The van der Waals surface area contributed by atoms with Crippen molar-refractivity contribution in [3.8, 4) is 0 Å². The standard InChI is InChI=1S/C10H18N2O/c1-4-6-9(3)12-10(13)8-11-7-5-2/h4-5,9,11H,1-2,6-8H2,3H3,(H,12,13). The molecule has 3 heteroatoms. The van der Waals surface area contributed by atoms with E-state index in [1.165, 1.54) is 0 Å². The third-order valence-electron chi connectivity index (χ3n) is 1.50. The van der Waals surface area contributed by atoms with Gasteiger partial charge in [0.25, 0.3) is 0 Å². The van der Waals surface area contributed by atoms with Crippen molar-refractivity contribution in [3.63, 3.8) is 0 Å². The van der Waals surface area contributed by atoms with Crippen molar-refractivity contribution in [2.45, 2.75) is 19.4 Å². The minimum atomic E-state index is 0.0104. The Morgan fingerprint density at radius 3 is 2.69 bits per heavy atom. The van der Waals surface area contributed by atoms with Gasteiger partial charge in [-0.1, -0.05) is 12.2 Å². The maximum atomic E-state index is 11.2. The smallest absolute Gasteiger partial charge is 0.234 e. The first-order valence-corrected chi connectivity index (χ1v) is 4.42. The normalized spacial score (nSPS) is 11.8. The Morgan fingerprint density at radius 1 is 1.46 bits per heavy atom. The van der Waals surface area contributed by atoms with Gasteiger partial charge < -0.3 is 10.6 Å². The number of hydrogen-bond donors (Lipinski definition) is 2. The molecule has 0 heterocycles. The average molecular weight is 182 g/mol. The largest absolute Gasteiger partial charge is 0.352 e. The molecule has 0 saturated carbocycles. The van der Waals surface area contributed by atoms with Crippen LogP contribution in [0.2, 0.25) is 0 Å². The van der Waals surface area contributed by atoms with E-state index in [0.717, 1.165) is 6.42 Å². The summed E-state index contributed by atoms with van der Waals surface area (Å²) in [6, 6.07) is 0.163. The second kappa shape index (κ2) is 7.55. The highest BCUT2D eigenvalue weighted by Crippen LogP contribution is 1.89. The fourth-order valence-electron chi connectivity index (χ4n) is 0.923. The number of amides is 1. The van der Waals surface area contributed by atoms with Crippen molar-refractivity contribution >= 4 is 5.91 Å². The van der Waals surface area contributed by atoms with Crippen LogP contribution in [-0.2, 0) is 4.79 Å². The van der Waals surface area contributed by atoms with Gasteiger partial charge in [0, 0.05) is 12.6 Å². The zero-order chi connectivity index (χ0) is 10.1. The molecule has 0 rings (SSSR count). The summed E-state index contributed by atoms with van der Waals surface area (Å²) in [6.45, 7) is 10.1. The molecule has 0 aromatic rings. The Hall–Kier alpha value is -1.09. The summed E-state index contributed by atoms with van der Waals surface area (Å²) in [5, 5.41) is 5.76. The molecule has 0 aliphatic rings. The third kappa shape index (κ3) is 7.28. The monoisotopic (exact) mass is 182 g/mol. The lowest BCUT2D eigenvalue weighted by molar-refractivity contribution is -0.120. The van der Waals surface area contributed by atoms with Crippen LogP contribution in [0.25, 0.3) is 0 Å². The van der Waals surface area contributed by atoms with Crippen LogP contribution in [0.1, 0.15) is 13.3 Å². The van der Waals surface area contributed by atoms with Crippen molar-refractivity contribution in [1.29, 1.82) is 0 Å². The van der Waals surface area contributed by atoms with Crippen LogP contribution in [0.3, 0.4) is 0 Å². The Bertz CT molecular complexity index is 178. The van der Waals surface area contributed by atoms with Crippen molar-refractivity contribution < 1.29 is 4.79 Å². The van der Waals surface area contributed by atoms with Crippen LogP contribution in [0.5, 0.6) is 0 Å². The fourth-order valence-corrected chi connectivity index (χ4v) is 0.923. The van der Waals surface area contributed by atoms with Gasteiger partial charge in [0.05, 0.1) is 6.54 Å². The average Bonchev–Trinajstić information content (AvgIpc) is 2.05. The van der Waals surface area contributed by atoms with Crippen molar-refractivity contribution in [1.82, 2.24) is 10.6 Å². The molecular formula is C10H18N2O. The molecule has 3 nitrogen and oxygen atoms in total. The molecule has 1 amide bonds. The molecule has 2 N–H and O–H groups in total. The second-order valence-electron chi connectivity index (χ2n) is 2.91. The predicted molar refractivity (Wildman–Crippen MR) is 55.5 cm³/mol. The van der Waals surface area contributed by atoms with Gasteiger partial charge in [-0.05, 0) is 13.3 Å².